The second kappa shape index (κ2) is 7.77. The van der Waals surface area contributed by atoms with Crippen LogP contribution in [0.4, 0.5) is 4.39 Å². The zero-order valence-electron chi connectivity index (χ0n) is 14.4. The minimum absolute atomic E-state index is 0.102. The van der Waals surface area contributed by atoms with Crippen LogP contribution in [-0.2, 0) is 30.7 Å². The summed E-state index contributed by atoms with van der Waals surface area (Å²) < 4.78 is 47.9. The van der Waals surface area contributed by atoms with Crippen molar-refractivity contribution < 1.29 is 31.9 Å². The van der Waals surface area contributed by atoms with Crippen LogP contribution in [0.25, 0.3) is 10.1 Å². The number of hydrogen-bond acceptors (Lipinski definition) is 7. The van der Waals surface area contributed by atoms with Gasteiger partial charge >= 0.3 is 11.9 Å². The van der Waals surface area contributed by atoms with Gasteiger partial charge < -0.3 is 9.47 Å². The van der Waals surface area contributed by atoms with Crippen LogP contribution in [0.2, 0.25) is 0 Å². The van der Waals surface area contributed by atoms with Crippen molar-refractivity contribution in [3.05, 3.63) is 45.9 Å². The molecule has 0 bridgehead atoms. The van der Waals surface area contributed by atoms with Gasteiger partial charge in [-0.05, 0) is 19.1 Å². The summed E-state index contributed by atoms with van der Waals surface area (Å²) in [4.78, 5) is 24.5. The topological polar surface area (TPSA) is 86.7 Å². The van der Waals surface area contributed by atoms with E-state index in [0.717, 1.165) is 16.7 Å². The molecule has 27 heavy (non-hydrogen) atoms. The smallest absolute Gasteiger partial charge is 0.348 e. The maximum absolute atomic E-state index is 14.3. The quantitative estimate of drug-likeness (QED) is 0.677. The minimum atomic E-state index is -3.26. The van der Waals surface area contributed by atoms with Crippen LogP contribution in [0.3, 0.4) is 0 Å². The molecule has 0 amide bonds. The Morgan fingerprint density at radius 2 is 2.07 bits per heavy atom. The van der Waals surface area contributed by atoms with Crippen LogP contribution in [0, 0.1) is 11.7 Å². The van der Waals surface area contributed by atoms with Gasteiger partial charge in [-0.2, -0.15) is 0 Å². The number of thiophene rings is 1. The number of ether oxygens (including phenoxy) is 2. The number of fused-ring (bicyclic) bond motifs is 1. The van der Waals surface area contributed by atoms with E-state index >= 15 is 0 Å². The molecule has 0 fully saturated rings. The summed E-state index contributed by atoms with van der Waals surface area (Å²) in [6.45, 7) is 1.53. The lowest BCUT2D eigenvalue weighted by atomic mass is 10.1. The van der Waals surface area contributed by atoms with Crippen LogP contribution in [0.1, 0.15) is 28.6 Å². The fourth-order valence-electron chi connectivity index (χ4n) is 2.86. The summed E-state index contributed by atoms with van der Waals surface area (Å²) in [6.07, 6.45) is 1.36. The van der Waals surface area contributed by atoms with Crippen molar-refractivity contribution in [2.75, 3.05) is 12.4 Å². The first-order valence-electron chi connectivity index (χ1n) is 8.24. The average Bonchev–Trinajstić information content (AvgIpc) is 3.14. The van der Waals surface area contributed by atoms with Crippen LogP contribution >= 0.6 is 11.3 Å². The molecule has 1 atom stereocenters. The highest BCUT2D eigenvalue weighted by molar-refractivity contribution is 7.94. The fourth-order valence-corrected chi connectivity index (χ4v) is 5.37. The number of esters is 2. The van der Waals surface area contributed by atoms with Crippen molar-refractivity contribution in [3.63, 3.8) is 0 Å². The maximum atomic E-state index is 14.3. The second-order valence-corrected chi connectivity index (χ2v) is 9.01. The van der Waals surface area contributed by atoms with Crippen molar-refractivity contribution >= 4 is 43.2 Å². The molecular weight excluding hydrogens is 395 g/mol. The zero-order chi connectivity index (χ0) is 19.6. The summed E-state index contributed by atoms with van der Waals surface area (Å²) in [5.74, 6) is -2.31. The number of rotatable bonds is 6. The molecule has 144 valence electrons. The average molecular weight is 412 g/mol. The lowest BCUT2D eigenvalue weighted by Crippen LogP contribution is -2.14. The predicted molar refractivity (Wildman–Crippen MR) is 98.6 cm³/mol. The predicted octanol–water partition coefficient (Wildman–Crippen LogP) is 3.21. The monoisotopic (exact) mass is 412 g/mol. The van der Waals surface area contributed by atoms with E-state index in [1.807, 2.05) is 0 Å². The molecule has 0 spiro atoms. The Hall–Kier alpha value is -2.26. The number of carbonyl (C=O) groups excluding carboxylic acids is 2. The van der Waals surface area contributed by atoms with Gasteiger partial charge in [0.25, 0.3) is 0 Å². The van der Waals surface area contributed by atoms with Crippen LogP contribution < -0.4 is 0 Å². The number of halogens is 1. The zero-order valence-corrected chi connectivity index (χ0v) is 16.1. The summed E-state index contributed by atoms with van der Waals surface area (Å²) in [6, 6.07) is 4.47. The molecule has 1 aliphatic heterocycles. The largest absolute Gasteiger partial charge is 0.462 e. The Morgan fingerprint density at radius 3 is 2.74 bits per heavy atom. The van der Waals surface area contributed by atoms with E-state index in [1.54, 1.807) is 13.0 Å². The van der Waals surface area contributed by atoms with Gasteiger partial charge in [-0.1, -0.05) is 12.1 Å². The van der Waals surface area contributed by atoms with E-state index in [0.29, 0.717) is 4.70 Å². The van der Waals surface area contributed by atoms with E-state index < -0.39 is 33.5 Å². The number of allylic oxidation sites excluding steroid dienone is 1. The third kappa shape index (κ3) is 4.36. The molecule has 1 aromatic carbocycles. The van der Waals surface area contributed by atoms with Crippen molar-refractivity contribution in [1.29, 1.82) is 0 Å². The molecule has 3 rings (SSSR count). The molecule has 0 saturated carbocycles. The third-order valence-corrected chi connectivity index (χ3v) is 6.68. The number of benzene rings is 1. The Balaban J connectivity index is 1.79. The van der Waals surface area contributed by atoms with Gasteiger partial charge in [0.05, 0.1) is 18.8 Å². The summed E-state index contributed by atoms with van der Waals surface area (Å²) in [5, 5.41) is 1.31. The third-order valence-electron chi connectivity index (χ3n) is 4.03. The molecule has 0 saturated heterocycles. The van der Waals surface area contributed by atoms with E-state index in [-0.39, 0.29) is 41.2 Å². The minimum Gasteiger partial charge on any atom is -0.462 e. The molecule has 0 N–H and O–H groups in total. The molecule has 0 aliphatic carbocycles. The van der Waals surface area contributed by atoms with E-state index in [9.17, 15) is 22.4 Å². The lowest BCUT2D eigenvalue weighted by molar-refractivity contribution is -0.145. The van der Waals surface area contributed by atoms with Crippen molar-refractivity contribution in [3.8, 4) is 0 Å². The van der Waals surface area contributed by atoms with Crippen LogP contribution in [0.15, 0.2) is 29.7 Å². The highest BCUT2D eigenvalue weighted by Gasteiger charge is 2.26. The molecule has 1 aromatic heterocycles. The van der Waals surface area contributed by atoms with Crippen LogP contribution in [-0.4, -0.2) is 32.7 Å². The van der Waals surface area contributed by atoms with Crippen molar-refractivity contribution in [2.45, 2.75) is 20.0 Å². The van der Waals surface area contributed by atoms with Crippen molar-refractivity contribution in [2.24, 2.45) is 5.92 Å². The normalized spacial score (nSPS) is 17.9. The Morgan fingerprint density at radius 1 is 1.30 bits per heavy atom. The van der Waals surface area contributed by atoms with Gasteiger partial charge in [-0.25, -0.2) is 17.6 Å². The van der Waals surface area contributed by atoms with Gasteiger partial charge in [0.15, 0.2) is 9.84 Å². The van der Waals surface area contributed by atoms with Gasteiger partial charge in [-0.3, -0.25) is 4.79 Å². The fraction of sp³-hybridized carbons (Fsp3) is 0.333. The Labute approximate surface area is 159 Å². The lowest BCUT2D eigenvalue weighted by Gasteiger charge is -2.09. The van der Waals surface area contributed by atoms with E-state index in [2.05, 4.69) is 0 Å². The number of carbonyl (C=O) groups is 2. The van der Waals surface area contributed by atoms with Crippen molar-refractivity contribution in [1.82, 2.24) is 0 Å². The molecule has 0 radical (unpaired) electrons. The first-order valence-corrected chi connectivity index (χ1v) is 10.8. The summed E-state index contributed by atoms with van der Waals surface area (Å²) >= 11 is 1.07. The SMILES string of the molecule is CCOC(=O)c1sc2cccc(F)c2c1COC(=O)CC1C=CS(=O)(=O)C1. The van der Waals surface area contributed by atoms with E-state index in [1.165, 1.54) is 18.2 Å². The number of sulfone groups is 1. The van der Waals surface area contributed by atoms with Gasteiger partial charge in [0.1, 0.15) is 17.3 Å². The van der Waals surface area contributed by atoms with E-state index in [4.69, 9.17) is 9.47 Å². The summed E-state index contributed by atoms with van der Waals surface area (Å²) in [5.41, 5.74) is 0.259. The standard InChI is InChI=1S/C18H17FO6S2/c1-2-24-18(21)17-12(16-13(19)4-3-5-14(16)26-17)9-25-15(20)8-11-6-7-27(22,23)10-11/h3-7,11H,2,8-10H2,1H3. The maximum Gasteiger partial charge on any atom is 0.348 e. The molecule has 6 nitrogen and oxygen atoms in total. The molecule has 1 aliphatic rings. The molecule has 9 heteroatoms. The molecule has 2 aromatic rings. The Bertz CT molecular complexity index is 1020. The first kappa shape index (κ1) is 19.5. The van der Waals surface area contributed by atoms with Crippen LogP contribution in [0.5, 0.6) is 0 Å². The highest BCUT2D eigenvalue weighted by atomic mass is 32.2. The molecule has 1 unspecified atom stereocenters. The molecular formula is C18H17FO6S2. The summed E-state index contributed by atoms with van der Waals surface area (Å²) in [7, 11) is -3.26. The molecule has 2 heterocycles. The highest BCUT2D eigenvalue weighted by Crippen LogP contribution is 2.34. The van der Waals surface area contributed by atoms with Gasteiger partial charge in [0, 0.05) is 27.0 Å². The van der Waals surface area contributed by atoms with Gasteiger partial charge in [-0.15, -0.1) is 11.3 Å². The Kier molecular flexibility index (Phi) is 5.61. The second-order valence-electron chi connectivity index (χ2n) is 6.03. The number of hydrogen-bond donors (Lipinski definition) is 0. The first-order chi connectivity index (χ1) is 12.8. The van der Waals surface area contributed by atoms with Gasteiger partial charge in [0.2, 0.25) is 0 Å².